The van der Waals surface area contributed by atoms with Gasteiger partial charge in [0.2, 0.25) is 0 Å². The number of aromatic nitrogens is 1. The highest BCUT2D eigenvalue weighted by molar-refractivity contribution is 6.15. The molecule has 6 rings (SSSR count). The van der Waals surface area contributed by atoms with E-state index in [1.807, 2.05) is 12.3 Å². The lowest BCUT2D eigenvalue weighted by Crippen LogP contribution is -2.20. The van der Waals surface area contributed by atoms with E-state index in [0.29, 0.717) is 5.92 Å². The molecule has 0 amide bonds. The fraction of sp³-hybridized carbons (Fsp3) is 0.250. The summed E-state index contributed by atoms with van der Waals surface area (Å²) in [5, 5.41) is 4.99. The normalized spacial score (nSPS) is 14.7. The Morgan fingerprint density at radius 2 is 1.77 bits per heavy atom. The molecule has 0 N–H and O–H groups in total. The molecule has 2 nitrogen and oxygen atoms in total. The summed E-state index contributed by atoms with van der Waals surface area (Å²) >= 11 is 0. The van der Waals surface area contributed by atoms with Gasteiger partial charge in [0.15, 0.2) is 0 Å². The predicted octanol–water partition coefficient (Wildman–Crippen LogP) is 7.64. The highest BCUT2D eigenvalue weighted by Crippen LogP contribution is 2.50. The van der Waals surface area contributed by atoms with Gasteiger partial charge in [0.05, 0.1) is 11.1 Å². The highest BCUT2D eigenvalue weighted by atomic mass is 16.3. The number of rotatable bonds is 2. The van der Waals surface area contributed by atoms with Crippen LogP contribution in [0.25, 0.3) is 44.0 Å². The van der Waals surface area contributed by atoms with E-state index in [1.54, 1.807) is 0 Å². The number of hydrogen-bond acceptors (Lipinski definition) is 2. The zero-order chi connectivity index (χ0) is 20.6. The SMILES string of the molecule is CC(C)Cc1ccc2c3c(ccc2c1)-c1nccc2oc4cccc(c4c12)C3(C)C. The summed E-state index contributed by atoms with van der Waals surface area (Å²) in [5.74, 6) is 0.650. The Balaban J connectivity index is 1.77. The van der Waals surface area contributed by atoms with Crippen molar-refractivity contribution in [3.8, 4) is 11.3 Å². The zero-order valence-electron chi connectivity index (χ0n) is 17.9. The van der Waals surface area contributed by atoms with Crippen molar-refractivity contribution < 1.29 is 4.42 Å². The molecule has 3 aromatic carbocycles. The molecule has 0 fully saturated rings. The first-order chi connectivity index (χ1) is 14.4. The van der Waals surface area contributed by atoms with Crippen LogP contribution in [-0.4, -0.2) is 4.98 Å². The number of fused-ring (bicyclic) bond motifs is 4. The van der Waals surface area contributed by atoms with Gasteiger partial charge in [-0.1, -0.05) is 70.2 Å². The standard InChI is InChI=1S/C28H25NO/c1-16(2)14-17-8-10-19-18(15-17)9-11-20-26(19)28(3,4)21-6-5-7-22-24(21)25-23(30-22)12-13-29-27(20)25/h5-13,15-16H,14H2,1-4H3. The molecule has 0 atom stereocenters. The summed E-state index contributed by atoms with van der Waals surface area (Å²) in [5.41, 5.74) is 8.01. The molecule has 148 valence electrons. The molecule has 2 heteroatoms. The lowest BCUT2D eigenvalue weighted by atomic mass is 9.74. The molecule has 0 radical (unpaired) electrons. The van der Waals surface area contributed by atoms with Crippen LogP contribution < -0.4 is 0 Å². The Morgan fingerprint density at radius 1 is 0.933 bits per heavy atom. The Kier molecular flexibility index (Phi) is 3.51. The number of hydrogen-bond donors (Lipinski definition) is 0. The van der Waals surface area contributed by atoms with E-state index in [1.165, 1.54) is 38.4 Å². The first-order valence-corrected chi connectivity index (χ1v) is 10.8. The van der Waals surface area contributed by atoms with Gasteiger partial charge in [-0.05, 0) is 51.9 Å². The number of benzene rings is 3. The minimum atomic E-state index is -0.175. The van der Waals surface area contributed by atoms with Crippen LogP contribution in [0.3, 0.4) is 0 Å². The van der Waals surface area contributed by atoms with E-state index < -0.39 is 0 Å². The quantitative estimate of drug-likeness (QED) is 0.309. The average molecular weight is 392 g/mol. The summed E-state index contributed by atoms with van der Waals surface area (Å²) in [7, 11) is 0. The fourth-order valence-electron chi connectivity index (χ4n) is 5.47. The predicted molar refractivity (Wildman–Crippen MR) is 125 cm³/mol. The maximum absolute atomic E-state index is 6.22. The molecule has 2 aromatic heterocycles. The van der Waals surface area contributed by atoms with E-state index in [-0.39, 0.29) is 5.41 Å². The number of pyridine rings is 1. The summed E-state index contributed by atoms with van der Waals surface area (Å²) < 4.78 is 6.22. The fourth-order valence-corrected chi connectivity index (χ4v) is 5.47. The maximum atomic E-state index is 6.22. The zero-order valence-corrected chi connectivity index (χ0v) is 17.9. The lowest BCUT2D eigenvalue weighted by molar-refractivity contribution is 0.645. The average Bonchev–Trinajstić information content (AvgIpc) is 3.07. The van der Waals surface area contributed by atoms with Crippen LogP contribution in [0, 0.1) is 5.92 Å². The van der Waals surface area contributed by atoms with Crippen LogP contribution in [0.2, 0.25) is 0 Å². The van der Waals surface area contributed by atoms with Crippen molar-refractivity contribution >= 4 is 32.7 Å². The van der Waals surface area contributed by atoms with Crippen molar-refractivity contribution in [1.29, 1.82) is 0 Å². The van der Waals surface area contributed by atoms with E-state index >= 15 is 0 Å². The van der Waals surface area contributed by atoms with Gasteiger partial charge in [-0.25, -0.2) is 0 Å². The third kappa shape index (κ3) is 2.28. The molecule has 5 aromatic rings. The van der Waals surface area contributed by atoms with Gasteiger partial charge in [0.25, 0.3) is 0 Å². The van der Waals surface area contributed by atoms with Crippen molar-refractivity contribution in [2.24, 2.45) is 5.92 Å². The summed E-state index contributed by atoms with van der Waals surface area (Å²) in [6.07, 6.45) is 2.98. The lowest BCUT2D eigenvalue weighted by Gasteiger charge is -2.29. The van der Waals surface area contributed by atoms with Gasteiger partial charge in [-0.15, -0.1) is 0 Å². The van der Waals surface area contributed by atoms with E-state index in [4.69, 9.17) is 9.40 Å². The van der Waals surface area contributed by atoms with Crippen molar-refractivity contribution in [3.05, 3.63) is 77.5 Å². The highest BCUT2D eigenvalue weighted by Gasteiger charge is 2.35. The molecule has 2 heterocycles. The molecule has 1 aliphatic carbocycles. The summed E-state index contributed by atoms with van der Waals surface area (Å²) in [6, 6.07) is 20.0. The summed E-state index contributed by atoms with van der Waals surface area (Å²) in [4.78, 5) is 4.86. The van der Waals surface area contributed by atoms with E-state index in [2.05, 4.69) is 76.2 Å². The monoisotopic (exact) mass is 391 g/mol. The number of furan rings is 1. The Hall–Kier alpha value is -3.13. The van der Waals surface area contributed by atoms with Gasteiger partial charge in [0.1, 0.15) is 11.2 Å². The van der Waals surface area contributed by atoms with Crippen molar-refractivity contribution in [2.45, 2.75) is 39.5 Å². The van der Waals surface area contributed by atoms with E-state index in [9.17, 15) is 0 Å². The summed E-state index contributed by atoms with van der Waals surface area (Å²) in [6.45, 7) is 9.23. The molecular weight excluding hydrogens is 366 g/mol. The van der Waals surface area contributed by atoms with Crippen LogP contribution in [0.4, 0.5) is 0 Å². The molecule has 0 saturated heterocycles. The Morgan fingerprint density at radius 3 is 2.60 bits per heavy atom. The third-order valence-corrected chi connectivity index (χ3v) is 6.69. The van der Waals surface area contributed by atoms with Gasteiger partial charge < -0.3 is 4.42 Å². The van der Waals surface area contributed by atoms with Crippen LogP contribution in [-0.2, 0) is 11.8 Å². The second kappa shape index (κ2) is 5.95. The van der Waals surface area contributed by atoms with Gasteiger partial charge in [0, 0.05) is 22.6 Å². The maximum Gasteiger partial charge on any atom is 0.139 e. The Labute approximate surface area is 176 Å². The molecule has 0 aliphatic heterocycles. The first kappa shape index (κ1) is 17.7. The minimum absolute atomic E-state index is 0.175. The molecule has 0 bridgehead atoms. The van der Waals surface area contributed by atoms with Crippen LogP contribution >= 0.6 is 0 Å². The van der Waals surface area contributed by atoms with Gasteiger partial charge in [-0.3, -0.25) is 4.98 Å². The van der Waals surface area contributed by atoms with Crippen LogP contribution in [0.5, 0.6) is 0 Å². The molecule has 30 heavy (non-hydrogen) atoms. The molecule has 1 aliphatic rings. The van der Waals surface area contributed by atoms with Crippen LogP contribution in [0.15, 0.2) is 65.2 Å². The third-order valence-electron chi connectivity index (χ3n) is 6.69. The largest absolute Gasteiger partial charge is 0.456 e. The van der Waals surface area contributed by atoms with Crippen molar-refractivity contribution in [2.75, 3.05) is 0 Å². The molecule has 0 spiro atoms. The molecular formula is C28H25NO. The van der Waals surface area contributed by atoms with Crippen molar-refractivity contribution in [3.63, 3.8) is 0 Å². The first-order valence-electron chi connectivity index (χ1n) is 10.8. The van der Waals surface area contributed by atoms with Gasteiger partial charge in [-0.2, -0.15) is 0 Å². The number of nitrogens with zero attached hydrogens (tertiary/aromatic N) is 1. The smallest absolute Gasteiger partial charge is 0.139 e. The molecule has 0 unspecified atom stereocenters. The molecule has 0 saturated carbocycles. The van der Waals surface area contributed by atoms with E-state index in [0.717, 1.165) is 28.7 Å². The van der Waals surface area contributed by atoms with Gasteiger partial charge >= 0.3 is 0 Å². The topological polar surface area (TPSA) is 26.0 Å². The minimum Gasteiger partial charge on any atom is -0.456 e. The van der Waals surface area contributed by atoms with Crippen molar-refractivity contribution in [1.82, 2.24) is 4.98 Å². The second-order valence-electron chi connectivity index (χ2n) is 9.58. The Bertz CT molecular complexity index is 1470. The second-order valence-corrected chi connectivity index (χ2v) is 9.58. The van der Waals surface area contributed by atoms with Crippen LogP contribution in [0.1, 0.15) is 44.4 Å².